The van der Waals surface area contributed by atoms with Crippen molar-refractivity contribution in [3.63, 3.8) is 0 Å². The fourth-order valence-corrected chi connectivity index (χ4v) is 2.88. The predicted octanol–water partition coefficient (Wildman–Crippen LogP) is 3.81. The zero-order valence-electron chi connectivity index (χ0n) is 14.0. The van der Waals surface area contributed by atoms with Crippen molar-refractivity contribution in [2.75, 3.05) is 6.54 Å². The van der Waals surface area contributed by atoms with Crippen LogP contribution in [0.1, 0.15) is 57.7 Å². The monoisotopic (exact) mass is 341 g/mol. The quantitative estimate of drug-likeness (QED) is 0.665. The second kappa shape index (κ2) is 7.47. The van der Waals surface area contributed by atoms with E-state index in [4.69, 9.17) is 4.74 Å². The summed E-state index contributed by atoms with van der Waals surface area (Å²) in [5.41, 5.74) is 2.51. The average Bonchev–Trinajstić information content (AvgIpc) is 2.62. The minimum Gasteiger partial charge on any atom is -0.454 e. The molecule has 1 aliphatic rings. The zero-order chi connectivity index (χ0) is 17.8. The Bertz CT molecular complexity index is 786. The largest absolute Gasteiger partial charge is 0.454 e. The number of benzene rings is 2. The number of amides is 1. The summed E-state index contributed by atoms with van der Waals surface area (Å²) in [6.45, 7) is 2.69. The number of fused-ring (bicyclic) bond motifs is 1. The number of unbranched alkanes of at least 4 members (excludes halogenated alkanes) is 1. The molecule has 0 aromatic heterocycles. The van der Waals surface area contributed by atoms with E-state index in [9.17, 15) is 14.0 Å². The van der Waals surface area contributed by atoms with E-state index < -0.39 is 12.1 Å². The summed E-state index contributed by atoms with van der Waals surface area (Å²) in [4.78, 5) is 24.4. The van der Waals surface area contributed by atoms with E-state index >= 15 is 0 Å². The van der Waals surface area contributed by atoms with Gasteiger partial charge in [0.2, 0.25) is 0 Å². The van der Waals surface area contributed by atoms with E-state index in [1.54, 1.807) is 30.3 Å². The third-order valence-electron chi connectivity index (χ3n) is 4.30. The van der Waals surface area contributed by atoms with Crippen LogP contribution in [0.25, 0.3) is 0 Å². The van der Waals surface area contributed by atoms with Gasteiger partial charge < -0.3 is 10.1 Å². The van der Waals surface area contributed by atoms with Crippen LogP contribution >= 0.6 is 0 Å². The topological polar surface area (TPSA) is 55.4 Å². The van der Waals surface area contributed by atoms with E-state index in [2.05, 4.69) is 12.2 Å². The second-order valence-electron chi connectivity index (χ2n) is 6.13. The SMILES string of the molecule is CCCCNC(=O)c1ccc2c(c1)C[C@@H](c1ccc(F)cc1)OC2=O. The van der Waals surface area contributed by atoms with Gasteiger partial charge in [0.1, 0.15) is 11.9 Å². The molecule has 0 saturated heterocycles. The zero-order valence-corrected chi connectivity index (χ0v) is 14.0. The van der Waals surface area contributed by atoms with Crippen molar-refractivity contribution in [3.8, 4) is 0 Å². The Morgan fingerprint density at radius 3 is 2.72 bits per heavy atom. The molecule has 0 saturated carbocycles. The number of nitrogens with one attached hydrogen (secondary N) is 1. The van der Waals surface area contributed by atoms with Gasteiger partial charge in [-0.1, -0.05) is 25.5 Å². The Hall–Kier alpha value is -2.69. The van der Waals surface area contributed by atoms with Crippen LogP contribution in [0.4, 0.5) is 4.39 Å². The lowest BCUT2D eigenvalue weighted by Gasteiger charge is -2.25. The molecule has 1 N–H and O–H groups in total. The number of carbonyl (C=O) groups is 2. The summed E-state index contributed by atoms with van der Waals surface area (Å²) in [6, 6.07) is 10.9. The van der Waals surface area contributed by atoms with Crippen LogP contribution in [0, 0.1) is 5.82 Å². The molecule has 4 nitrogen and oxygen atoms in total. The van der Waals surface area contributed by atoms with E-state index in [1.165, 1.54) is 12.1 Å². The molecule has 0 bridgehead atoms. The first-order valence-corrected chi connectivity index (χ1v) is 8.46. The summed E-state index contributed by atoms with van der Waals surface area (Å²) in [7, 11) is 0. The number of hydrogen-bond donors (Lipinski definition) is 1. The van der Waals surface area contributed by atoms with Crippen molar-refractivity contribution >= 4 is 11.9 Å². The molecule has 0 spiro atoms. The minimum atomic E-state index is -0.473. The number of ether oxygens (including phenoxy) is 1. The molecular formula is C20H20FNO3. The van der Waals surface area contributed by atoms with Gasteiger partial charge >= 0.3 is 5.97 Å². The highest BCUT2D eigenvalue weighted by atomic mass is 19.1. The predicted molar refractivity (Wildman–Crippen MR) is 91.9 cm³/mol. The van der Waals surface area contributed by atoms with Crippen LogP contribution in [0.2, 0.25) is 0 Å². The standard InChI is InChI=1S/C20H20FNO3/c1-2-3-10-22-19(23)14-6-9-17-15(11-14)12-18(25-20(17)24)13-4-7-16(21)8-5-13/h4-9,11,18H,2-3,10,12H2,1H3,(H,22,23)/t18-/m0/s1. The highest BCUT2D eigenvalue weighted by molar-refractivity contribution is 5.97. The number of hydrogen-bond acceptors (Lipinski definition) is 3. The first kappa shape index (κ1) is 17.1. The van der Waals surface area contributed by atoms with Crippen LogP contribution < -0.4 is 5.32 Å². The highest BCUT2D eigenvalue weighted by Gasteiger charge is 2.28. The van der Waals surface area contributed by atoms with E-state index in [1.807, 2.05) is 0 Å². The van der Waals surface area contributed by atoms with Gasteiger partial charge in [-0.15, -0.1) is 0 Å². The highest BCUT2D eigenvalue weighted by Crippen LogP contribution is 2.31. The summed E-state index contributed by atoms with van der Waals surface area (Å²) >= 11 is 0. The maximum Gasteiger partial charge on any atom is 0.339 e. The maximum absolute atomic E-state index is 13.1. The van der Waals surface area contributed by atoms with Crippen LogP contribution in [-0.2, 0) is 11.2 Å². The molecule has 5 heteroatoms. The van der Waals surface area contributed by atoms with Crippen molar-refractivity contribution in [1.29, 1.82) is 0 Å². The van der Waals surface area contributed by atoms with Gasteiger partial charge in [0.15, 0.2) is 0 Å². The molecule has 2 aromatic rings. The van der Waals surface area contributed by atoms with Gasteiger partial charge in [-0.3, -0.25) is 4.79 Å². The van der Waals surface area contributed by atoms with Crippen molar-refractivity contribution < 1.29 is 18.7 Å². The molecule has 2 aromatic carbocycles. The van der Waals surface area contributed by atoms with Crippen molar-refractivity contribution in [3.05, 3.63) is 70.5 Å². The first-order chi connectivity index (χ1) is 12.1. The molecule has 1 atom stereocenters. The average molecular weight is 341 g/mol. The van der Waals surface area contributed by atoms with Gasteiger partial charge in [0.25, 0.3) is 5.91 Å². The van der Waals surface area contributed by atoms with Crippen molar-refractivity contribution in [1.82, 2.24) is 5.32 Å². The number of halogens is 1. The summed E-state index contributed by atoms with van der Waals surface area (Å²) in [5.74, 6) is -0.903. The van der Waals surface area contributed by atoms with Crippen LogP contribution in [0.3, 0.4) is 0 Å². The molecule has 130 valence electrons. The second-order valence-corrected chi connectivity index (χ2v) is 6.13. The Labute approximate surface area is 146 Å². The van der Waals surface area contributed by atoms with Crippen LogP contribution in [-0.4, -0.2) is 18.4 Å². The van der Waals surface area contributed by atoms with Crippen molar-refractivity contribution in [2.24, 2.45) is 0 Å². The number of cyclic esters (lactones) is 1. The Balaban J connectivity index is 1.81. The number of carbonyl (C=O) groups excluding carboxylic acids is 2. The summed E-state index contributed by atoms with van der Waals surface area (Å²) in [5, 5.41) is 2.87. The van der Waals surface area contributed by atoms with Gasteiger partial charge in [-0.25, -0.2) is 9.18 Å². The number of rotatable bonds is 5. The smallest absolute Gasteiger partial charge is 0.339 e. The maximum atomic E-state index is 13.1. The number of esters is 1. The van der Waals surface area contributed by atoms with Gasteiger partial charge in [-0.05, 0) is 47.9 Å². The van der Waals surface area contributed by atoms with Gasteiger partial charge in [-0.2, -0.15) is 0 Å². The fourth-order valence-electron chi connectivity index (χ4n) is 2.88. The molecule has 0 aliphatic carbocycles. The van der Waals surface area contributed by atoms with Gasteiger partial charge in [0.05, 0.1) is 5.56 Å². The van der Waals surface area contributed by atoms with Crippen molar-refractivity contribution in [2.45, 2.75) is 32.3 Å². The third kappa shape index (κ3) is 3.87. The van der Waals surface area contributed by atoms with Crippen LogP contribution in [0.5, 0.6) is 0 Å². The molecule has 1 amide bonds. The lowest BCUT2D eigenvalue weighted by molar-refractivity contribution is 0.0252. The third-order valence-corrected chi connectivity index (χ3v) is 4.30. The summed E-state index contributed by atoms with van der Waals surface area (Å²) in [6.07, 6.45) is 1.92. The Morgan fingerprint density at radius 2 is 2.00 bits per heavy atom. The molecule has 0 unspecified atom stereocenters. The molecule has 3 rings (SSSR count). The minimum absolute atomic E-state index is 0.145. The fraction of sp³-hybridized carbons (Fsp3) is 0.300. The molecule has 0 fully saturated rings. The molecular weight excluding hydrogens is 321 g/mol. The molecule has 1 heterocycles. The van der Waals surface area contributed by atoms with Crippen LogP contribution in [0.15, 0.2) is 42.5 Å². The summed E-state index contributed by atoms with van der Waals surface area (Å²) < 4.78 is 18.5. The van der Waals surface area contributed by atoms with E-state index in [0.29, 0.717) is 24.1 Å². The normalized spacial score (nSPS) is 16.1. The lowest BCUT2D eigenvalue weighted by Crippen LogP contribution is -2.26. The molecule has 1 aliphatic heterocycles. The Morgan fingerprint density at radius 1 is 1.24 bits per heavy atom. The van der Waals surface area contributed by atoms with E-state index in [0.717, 1.165) is 24.0 Å². The van der Waals surface area contributed by atoms with Gasteiger partial charge in [0, 0.05) is 18.5 Å². The van der Waals surface area contributed by atoms with E-state index in [-0.39, 0.29) is 11.7 Å². The first-order valence-electron chi connectivity index (χ1n) is 8.46. The lowest BCUT2D eigenvalue weighted by atomic mass is 9.93. The Kier molecular flexibility index (Phi) is 5.12. The molecule has 25 heavy (non-hydrogen) atoms. The molecule has 0 radical (unpaired) electrons.